The Balaban J connectivity index is 1.73. The first kappa shape index (κ1) is 24.6. The van der Waals surface area contributed by atoms with E-state index < -0.39 is 11.9 Å². The quantitative estimate of drug-likeness (QED) is 0.488. The maximum Gasteiger partial charge on any atom is 0.433 e. The first-order chi connectivity index (χ1) is 16.1. The van der Waals surface area contributed by atoms with Crippen LogP contribution in [-0.4, -0.2) is 31.1 Å². The van der Waals surface area contributed by atoms with Gasteiger partial charge in [0.25, 0.3) is 0 Å². The van der Waals surface area contributed by atoms with Gasteiger partial charge in [0.15, 0.2) is 0 Å². The van der Waals surface area contributed by atoms with Crippen molar-refractivity contribution in [2.24, 2.45) is 4.99 Å². The van der Waals surface area contributed by atoms with Crippen molar-refractivity contribution in [3.8, 4) is 11.3 Å². The van der Waals surface area contributed by atoms with E-state index in [1.54, 1.807) is 55.1 Å². The molecule has 0 atom stereocenters. The monoisotopic (exact) mass is 468 g/mol. The van der Waals surface area contributed by atoms with Gasteiger partial charge < -0.3 is 9.88 Å². The van der Waals surface area contributed by atoms with Crippen LogP contribution < -0.4 is 5.32 Å². The number of amides is 1. The molecule has 10 heteroatoms. The number of imidazole rings is 1. The molecule has 1 N–H and O–H groups in total. The number of hydrogen-bond acceptors (Lipinski definition) is 5. The van der Waals surface area contributed by atoms with Gasteiger partial charge in [0, 0.05) is 35.4 Å². The molecule has 176 valence electrons. The molecule has 0 fully saturated rings. The first-order valence-corrected chi connectivity index (χ1v) is 10.3. The van der Waals surface area contributed by atoms with Gasteiger partial charge in [-0.3, -0.25) is 14.8 Å². The third kappa shape index (κ3) is 5.64. The number of halogens is 3. The Morgan fingerprint density at radius 3 is 2.50 bits per heavy atom. The largest absolute Gasteiger partial charge is 0.433 e. The molecule has 0 aromatic carbocycles. The number of hydrogen-bond donors (Lipinski definition) is 1. The number of anilines is 1. The summed E-state index contributed by atoms with van der Waals surface area (Å²) in [4.78, 5) is 29.0. The van der Waals surface area contributed by atoms with Gasteiger partial charge >= 0.3 is 6.18 Å². The lowest BCUT2D eigenvalue weighted by atomic mass is 10.1. The number of aromatic nitrogens is 4. The Hall–Kier alpha value is -4.08. The summed E-state index contributed by atoms with van der Waals surface area (Å²) >= 11 is 0. The highest BCUT2D eigenvalue weighted by Crippen LogP contribution is 2.29. The van der Waals surface area contributed by atoms with Crippen molar-refractivity contribution in [1.82, 2.24) is 19.5 Å². The molecular formula is C24H23F3N6O. The molecular weight excluding hydrogens is 445 g/mol. The maximum absolute atomic E-state index is 12.8. The minimum Gasteiger partial charge on any atom is -0.322 e. The van der Waals surface area contributed by atoms with E-state index in [4.69, 9.17) is 0 Å². The van der Waals surface area contributed by atoms with Crippen LogP contribution in [0.1, 0.15) is 29.7 Å². The number of allylic oxidation sites excluding steroid dienone is 2. The Morgan fingerprint density at radius 2 is 1.94 bits per heavy atom. The van der Waals surface area contributed by atoms with Crippen molar-refractivity contribution in [1.29, 1.82) is 0 Å². The normalized spacial score (nSPS) is 12.2. The number of carbonyl (C=O) groups is 1. The fraction of sp³-hybridized carbons (Fsp3) is 0.208. The number of aryl methyl sites for hydroxylation is 1. The molecule has 0 bridgehead atoms. The van der Waals surface area contributed by atoms with E-state index >= 15 is 0 Å². The van der Waals surface area contributed by atoms with Gasteiger partial charge in [0.2, 0.25) is 5.91 Å². The molecule has 0 aliphatic rings. The van der Waals surface area contributed by atoms with Crippen molar-refractivity contribution in [2.75, 3.05) is 5.32 Å². The van der Waals surface area contributed by atoms with Gasteiger partial charge in [-0.25, -0.2) is 9.97 Å². The standard InChI is InChI=1S/C24H23F3N6O/c1-5-11-28-19(6-2)17-8-10-21(30-12-17)32-22(34)14-33-15(3)23(31-16(33)4)18-7-9-20(29-13-18)24(25,26)27/h5-13H,2,14H2,1,3-4H3,(H,30,32,34)/b11-5-,28-19?. The van der Waals surface area contributed by atoms with Crippen molar-refractivity contribution in [3.63, 3.8) is 0 Å². The lowest BCUT2D eigenvalue weighted by Crippen LogP contribution is -2.21. The number of aliphatic imine (C=N–C) groups is 1. The van der Waals surface area contributed by atoms with Crippen LogP contribution in [0.25, 0.3) is 11.3 Å². The Kier molecular flexibility index (Phi) is 7.40. The smallest absolute Gasteiger partial charge is 0.322 e. The highest BCUT2D eigenvalue weighted by atomic mass is 19.4. The summed E-state index contributed by atoms with van der Waals surface area (Å²) in [6, 6.07) is 5.66. The summed E-state index contributed by atoms with van der Waals surface area (Å²) < 4.78 is 40.0. The zero-order valence-corrected chi connectivity index (χ0v) is 18.9. The molecule has 0 aliphatic carbocycles. The number of carbonyl (C=O) groups excluding carboxylic acids is 1. The number of nitrogens with zero attached hydrogens (tertiary/aromatic N) is 5. The predicted molar refractivity (Wildman–Crippen MR) is 124 cm³/mol. The van der Waals surface area contributed by atoms with Crippen LogP contribution >= 0.6 is 0 Å². The van der Waals surface area contributed by atoms with E-state index in [0.29, 0.717) is 34.3 Å². The van der Waals surface area contributed by atoms with Crippen LogP contribution in [0, 0.1) is 13.8 Å². The minimum absolute atomic E-state index is 0.0389. The molecule has 7 nitrogen and oxygen atoms in total. The average molecular weight is 468 g/mol. The van der Waals surface area contributed by atoms with Gasteiger partial charge in [-0.2, -0.15) is 13.2 Å². The summed E-state index contributed by atoms with van der Waals surface area (Å²) in [6.45, 7) is 9.02. The van der Waals surface area contributed by atoms with Crippen LogP contribution in [0.2, 0.25) is 0 Å². The lowest BCUT2D eigenvalue weighted by molar-refractivity contribution is -0.141. The second kappa shape index (κ2) is 10.2. The van der Waals surface area contributed by atoms with Crippen LogP contribution in [0.3, 0.4) is 0 Å². The predicted octanol–water partition coefficient (Wildman–Crippen LogP) is 5.12. The van der Waals surface area contributed by atoms with Crippen molar-refractivity contribution >= 4 is 17.4 Å². The van der Waals surface area contributed by atoms with E-state index in [-0.39, 0.29) is 12.5 Å². The Labute approximate surface area is 194 Å². The van der Waals surface area contributed by atoms with Crippen molar-refractivity contribution < 1.29 is 18.0 Å². The van der Waals surface area contributed by atoms with Crippen LogP contribution in [-0.2, 0) is 17.5 Å². The summed E-state index contributed by atoms with van der Waals surface area (Å²) in [5.41, 5.74) is 1.96. The molecule has 0 radical (unpaired) electrons. The second-order valence-electron chi connectivity index (χ2n) is 7.29. The number of rotatable bonds is 7. The summed E-state index contributed by atoms with van der Waals surface area (Å²) in [5.74, 6) is 0.583. The average Bonchev–Trinajstić information content (AvgIpc) is 3.08. The molecule has 3 heterocycles. The zero-order valence-electron chi connectivity index (χ0n) is 18.9. The SMILES string of the molecule is C=CC(=N/C=C\C)c1ccc(NC(=O)Cn2c(C)nc(-c3ccc(C(F)(F)F)nc3)c2C)nc1. The number of pyridine rings is 2. The fourth-order valence-corrected chi connectivity index (χ4v) is 3.23. The molecule has 0 spiro atoms. The Bertz CT molecular complexity index is 1240. The first-order valence-electron chi connectivity index (χ1n) is 10.3. The van der Waals surface area contributed by atoms with E-state index in [9.17, 15) is 18.0 Å². The lowest BCUT2D eigenvalue weighted by Gasteiger charge is -2.10. The number of nitrogens with one attached hydrogen (secondary N) is 1. The van der Waals surface area contributed by atoms with Gasteiger partial charge in [-0.15, -0.1) is 0 Å². The topological polar surface area (TPSA) is 85.1 Å². The summed E-state index contributed by atoms with van der Waals surface area (Å²) in [7, 11) is 0. The van der Waals surface area contributed by atoms with Gasteiger partial charge in [-0.1, -0.05) is 12.7 Å². The van der Waals surface area contributed by atoms with Crippen LogP contribution in [0.5, 0.6) is 0 Å². The molecule has 3 rings (SSSR count). The molecule has 0 unspecified atom stereocenters. The molecule has 0 saturated heterocycles. The molecule has 34 heavy (non-hydrogen) atoms. The van der Waals surface area contributed by atoms with E-state index in [1.807, 2.05) is 6.92 Å². The second-order valence-corrected chi connectivity index (χ2v) is 7.29. The zero-order chi connectivity index (χ0) is 24.9. The minimum atomic E-state index is -4.51. The van der Waals surface area contributed by atoms with Crippen molar-refractivity contribution in [3.05, 3.63) is 84.4 Å². The van der Waals surface area contributed by atoms with Gasteiger partial charge in [-0.05, 0) is 51.1 Å². The molecule has 0 saturated carbocycles. The van der Waals surface area contributed by atoms with Gasteiger partial charge in [0.1, 0.15) is 23.9 Å². The number of alkyl halides is 3. The van der Waals surface area contributed by atoms with E-state index in [2.05, 4.69) is 31.8 Å². The highest BCUT2D eigenvalue weighted by molar-refractivity contribution is 6.08. The molecule has 3 aromatic heterocycles. The van der Waals surface area contributed by atoms with E-state index in [0.717, 1.165) is 17.8 Å². The third-order valence-corrected chi connectivity index (χ3v) is 4.92. The van der Waals surface area contributed by atoms with Gasteiger partial charge in [0.05, 0.1) is 11.4 Å². The maximum atomic E-state index is 12.8. The van der Waals surface area contributed by atoms with E-state index in [1.165, 1.54) is 6.07 Å². The fourth-order valence-electron chi connectivity index (χ4n) is 3.23. The van der Waals surface area contributed by atoms with Crippen LogP contribution in [0.4, 0.5) is 19.0 Å². The summed E-state index contributed by atoms with van der Waals surface area (Å²) in [5, 5.41) is 2.73. The summed E-state index contributed by atoms with van der Waals surface area (Å²) in [6.07, 6.45) is 3.26. The van der Waals surface area contributed by atoms with Crippen LogP contribution in [0.15, 0.2) is 66.6 Å². The van der Waals surface area contributed by atoms with Crippen molar-refractivity contribution in [2.45, 2.75) is 33.5 Å². The Morgan fingerprint density at radius 1 is 1.18 bits per heavy atom. The molecule has 1 amide bonds. The molecule has 0 aliphatic heterocycles. The molecule has 3 aromatic rings. The third-order valence-electron chi connectivity index (χ3n) is 4.92. The highest BCUT2D eigenvalue weighted by Gasteiger charge is 2.32.